The van der Waals surface area contributed by atoms with Crippen LogP contribution >= 0.6 is 27.5 Å². The van der Waals surface area contributed by atoms with E-state index in [0.717, 1.165) is 28.3 Å². The Bertz CT molecular complexity index is 394. The molecule has 0 spiro atoms. The van der Waals surface area contributed by atoms with Crippen molar-refractivity contribution >= 4 is 27.5 Å². The average Bonchev–Trinajstić information content (AvgIpc) is 2.42. The maximum Gasteiger partial charge on any atom is 0.133 e. The van der Waals surface area contributed by atoms with Crippen molar-refractivity contribution in [3.8, 4) is 5.75 Å². The Labute approximate surface area is 129 Å². The molecular weight excluding hydrogens is 326 g/mol. The topological polar surface area (TPSA) is 13.7 Å². The van der Waals surface area contributed by atoms with Crippen molar-refractivity contribution in [3.63, 3.8) is 0 Å². The molecule has 19 heavy (non-hydrogen) atoms. The fourth-order valence-corrected chi connectivity index (χ4v) is 3.35. The highest BCUT2D eigenvalue weighted by Crippen LogP contribution is 2.27. The zero-order valence-electron chi connectivity index (χ0n) is 11.3. The van der Waals surface area contributed by atoms with Gasteiger partial charge in [0, 0.05) is 5.02 Å². The quantitative estimate of drug-likeness (QED) is 0.779. The molecule has 0 aliphatic carbocycles. The van der Waals surface area contributed by atoms with Crippen molar-refractivity contribution in [3.05, 3.63) is 27.7 Å². The number of benzene rings is 1. The van der Waals surface area contributed by atoms with E-state index in [0.29, 0.717) is 0 Å². The molecule has 106 valence electrons. The second kappa shape index (κ2) is 8.13. The molecule has 2 nitrogen and oxygen atoms in total. The van der Waals surface area contributed by atoms with Gasteiger partial charge in [0.25, 0.3) is 0 Å². The Morgan fingerprint density at radius 2 is 1.95 bits per heavy atom. The number of likely N-dealkylation sites (tertiary alicyclic amines) is 1. The first-order valence-corrected chi connectivity index (χ1v) is 8.34. The lowest BCUT2D eigenvalue weighted by Gasteiger charge is -2.23. The molecule has 1 heterocycles. The molecule has 1 fully saturated rings. The van der Waals surface area contributed by atoms with Crippen molar-refractivity contribution in [2.24, 2.45) is 0 Å². The highest BCUT2D eigenvalue weighted by Gasteiger charge is 2.12. The standard InChI is InChI=1S/C15H21BrClNO/c16-14-12-13(17)6-7-15(14)19-11-5-4-10-18-8-2-1-3-9-18/h6-7,12H,1-5,8-11H2/p+1. The molecule has 0 amide bonds. The van der Waals surface area contributed by atoms with Gasteiger partial charge in [-0.05, 0) is 66.2 Å². The second-order valence-electron chi connectivity index (χ2n) is 5.19. The lowest BCUT2D eigenvalue weighted by atomic mass is 10.1. The van der Waals surface area contributed by atoms with Crippen molar-refractivity contribution in [1.82, 2.24) is 0 Å². The molecule has 1 aliphatic rings. The minimum atomic E-state index is 0.730. The fraction of sp³-hybridized carbons (Fsp3) is 0.600. The van der Waals surface area contributed by atoms with E-state index in [1.165, 1.54) is 45.3 Å². The molecule has 0 atom stereocenters. The van der Waals surface area contributed by atoms with E-state index in [-0.39, 0.29) is 0 Å². The summed E-state index contributed by atoms with van der Waals surface area (Å²) in [5, 5.41) is 0.730. The van der Waals surface area contributed by atoms with Crippen LogP contribution in [0, 0.1) is 0 Å². The van der Waals surface area contributed by atoms with E-state index in [1.807, 2.05) is 18.2 Å². The summed E-state index contributed by atoms with van der Waals surface area (Å²) >= 11 is 9.36. The fourth-order valence-electron chi connectivity index (χ4n) is 2.55. The minimum Gasteiger partial charge on any atom is -0.492 e. The largest absolute Gasteiger partial charge is 0.492 e. The van der Waals surface area contributed by atoms with Crippen LogP contribution < -0.4 is 9.64 Å². The molecule has 0 saturated carbocycles. The lowest BCUT2D eigenvalue weighted by molar-refractivity contribution is -0.905. The molecule has 1 aliphatic heterocycles. The van der Waals surface area contributed by atoms with Gasteiger partial charge in [-0.1, -0.05) is 11.6 Å². The maximum absolute atomic E-state index is 5.90. The van der Waals surface area contributed by atoms with Crippen LogP contribution in [0.2, 0.25) is 5.02 Å². The van der Waals surface area contributed by atoms with Crippen LogP contribution in [0.4, 0.5) is 0 Å². The van der Waals surface area contributed by atoms with E-state index in [4.69, 9.17) is 16.3 Å². The third-order valence-corrected chi connectivity index (χ3v) is 4.49. The summed E-state index contributed by atoms with van der Waals surface area (Å²) in [5.74, 6) is 0.884. The van der Waals surface area contributed by atoms with Gasteiger partial charge in [-0.3, -0.25) is 0 Å². The van der Waals surface area contributed by atoms with E-state index < -0.39 is 0 Å². The van der Waals surface area contributed by atoms with Crippen molar-refractivity contribution < 1.29 is 9.64 Å². The first-order valence-electron chi connectivity index (χ1n) is 7.17. The summed E-state index contributed by atoms with van der Waals surface area (Å²) in [6.45, 7) is 4.81. The molecule has 0 radical (unpaired) electrons. The molecule has 1 aromatic rings. The predicted molar refractivity (Wildman–Crippen MR) is 83.3 cm³/mol. The van der Waals surface area contributed by atoms with Crippen molar-refractivity contribution in [1.29, 1.82) is 0 Å². The number of nitrogens with one attached hydrogen (secondary N) is 1. The zero-order valence-corrected chi connectivity index (χ0v) is 13.6. The number of unbranched alkanes of at least 4 members (excludes halogenated alkanes) is 1. The van der Waals surface area contributed by atoms with Crippen LogP contribution in [0.5, 0.6) is 5.75 Å². The van der Waals surface area contributed by atoms with Crippen LogP contribution in [0.3, 0.4) is 0 Å². The number of ether oxygens (including phenoxy) is 1. The number of halogens is 2. The van der Waals surface area contributed by atoms with Crippen LogP contribution in [0.1, 0.15) is 32.1 Å². The Morgan fingerprint density at radius 3 is 2.68 bits per heavy atom. The Balaban J connectivity index is 1.61. The summed E-state index contributed by atoms with van der Waals surface area (Å²) in [4.78, 5) is 1.78. The first kappa shape index (κ1) is 15.1. The minimum absolute atomic E-state index is 0.730. The van der Waals surface area contributed by atoms with Gasteiger partial charge in [0.05, 0.1) is 30.7 Å². The van der Waals surface area contributed by atoms with E-state index in [9.17, 15) is 0 Å². The van der Waals surface area contributed by atoms with E-state index >= 15 is 0 Å². The van der Waals surface area contributed by atoms with Crippen LogP contribution in [0.25, 0.3) is 0 Å². The van der Waals surface area contributed by atoms with Crippen LogP contribution in [-0.4, -0.2) is 26.2 Å². The van der Waals surface area contributed by atoms with Crippen molar-refractivity contribution in [2.75, 3.05) is 26.2 Å². The maximum atomic E-state index is 5.90. The average molecular weight is 348 g/mol. The summed E-state index contributed by atoms with van der Waals surface area (Å²) in [6, 6.07) is 5.65. The van der Waals surface area contributed by atoms with E-state index in [2.05, 4.69) is 15.9 Å². The third-order valence-electron chi connectivity index (χ3n) is 3.64. The third kappa shape index (κ3) is 5.33. The number of quaternary nitrogens is 1. The highest BCUT2D eigenvalue weighted by molar-refractivity contribution is 9.10. The summed E-state index contributed by atoms with van der Waals surface area (Å²) < 4.78 is 6.70. The van der Waals surface area contributed by atoms with Gasteiger partial charge >= 0.3 is 0 Å². The molecular formula is C15H22BrClNO+. The Morgan fingerprint density at radius 1 is 1.16 bits per heavy atom. The molecule has 4 heteroatoms. The predicted octanol–water partition coefficient (Wildman–Crippen LogP) is 3.33. The Hall–Kier alpha value is -0.250. The summed E-state index contributed by atoms with van der Waals surface area (Å²) in [5.41, 5.74) is 0. The van der Waals surface area contributed by atoms with Crippen LogP contribution in [0.15, 0.2) is 22.7 Å². The van der Waals surface area contributed by atoms with Crippen LogP contribution in [-0.2, 0) is 0 Å². The zero-order chi connectivity index (χ0) is 13.5. The normalized spacial score (nSPS) is 16.5. The molecule has 0 unspecified atom stereocenters. The number of rotatable bonds is 6. The number of piperidine rings is 1. The summed E-state index contributed by atoms with van der Waals surface area (Å²) in [6.07, 6.45) is 6.61. The highest BCUT2D eigenvalue weighted by atomic mass is 79.9. The smallest absolute Gasteiger partial charge is 0.133 e. The van der Waals surface area contributed by atoms with Gasteiger partial charge in [-0.15, -0.1) is 0 Å². The van der Waals surface area contributed by atoms with Gasteiger partial charge in [-0.25, -0.2) is 0 Å². The Kier molecular flexibility index (Phi) is 6.48. The second-order valence-corrected chi connectivity index (χ2v) is 6.48. The molecule has 0 aromatic heterocycles. The van der Waals surface area contributed by atoms with Gasteiger partial charge in [0.15, 0.2) is 0 Å². The first-order chi connectivity index (χ1) is 9.25. The number of hydrogen-bond acceptors (Lipinski definition) is 1. The molecule has 1 aromatic carbocycles. The van der Waals surface area contributed by atoms with E-state index in [1.54, 1.807) is 4.90 Å². The number of hydrogen-bond donors (Lipinski definition) is 1. The van der Waals surface area contributed by atoms with Gasteiger partial charge < -0.3 is 9.64 Å². The van der Waals surface area contributed by atoms with Gasteiger partial charge in [0.2, 0.25) is 0 Å². The molecule has 1 N–H and O–H groups in total. The van der Waals surface area contributed by atoms with Gasteiger partial charge in [0.1, 0.15) is 5.75 Å². The lowest BCUT2D eigenvalue weighted by Crippen LogP contribution is -3.12. The molecule has 1 saturated heterocycles. The van der Waals surface area contributed by atoms with Gasteiger partial charge in [-0.2, -0.15) is 0 Å². The molecule has 2 rings (SSSR count). The van der Waals surface area contributed by atoms with Crippen molar-refractivity contribution in [2.45, 2.75) is 32.1 Å². The summed E-state index contributed by atoms with van der Waals surface area (Å²) in [7, 11) is 0. The molecule has 0 bridgehead atoms. The monoisotopic (exact) mass is 346 g/mol. The SMILES string of the molecule is Clc1ccc(OCCCC[NH+]2CCCCC2)c(Br)c1.